The lowest BCUT2D eigenvalue weighted by Gasteiger charge is -2.04. The first-order chi connectivity index (χ1) is 9.58. The SMILES string of the molecule is CNC(C)Cc1noc(-c2cc3c(C)nn(C)c3s2)n1.Cl. The van der Waals surface area contributed by atoms with Crippen LogP contribution >= 0.6 is 23.7 Å². The van der Waals surface area contributed by atoms with Crippen molar-refractivity contribution in [1.29, 1.82) is 0 Å². The molecule has 3 heterocycles. The van der Waals surface area contributed by atoms with Gasteiger partial charge in [0.05, 0.1) is 10.6 Å². The Balaban J connectivity index is 0.00000161. The average molecular weight is 328 g/mol. The molecule has 0 aliphatic heterocycles. The molecule has 0 spiro atoms. The van der Waals surface area contributed by atoms with E-state index in [2.05, 4.69) is 33.5 Å². The molecule has 1 N–H and O–H groups in total. The van der Waals surface area contributed by atoms with Crippen LogP contribution in [0.1, 0.15) is 18.4 Å². The highest BCUT2D eigenvalue weighted by Gasteiger charge is 2.16. The molecule has 0 bridgehead atoms. The highest BCUT2D eigenvalue weighted by molar-refractivity contribution is 7.21. The van der Waals surface area contributed by atoms with Gasteiger partial charge in [-0.1, -0.05) is 5.16 Å². The molecule has 3 rings (SSSR count). The third kappa shape index (κ3) is 2.95. The quantitative estimate of drug-likeness (QED) is 0.797. The molecule has 1 unspecified atom stereocenters. The summed E-state index contributed by atoms with van der Waals surface area (Å²) in [6, 6.07) is 2.40. The third-order valence-electron chi connectivity index (χ3n) is 3.36. The monoisotopic (exact) mass is 327 g/mol. The molecule has 0 saturated carbocycles. The van der Waals surface area contributed by atoms with Crippen molar-refractivity contribution in [3.63, 3.8) is 0 Å². The van der Waals surface area contributed by atoms with Crippen molar-refractivity contribution in [1.82, 2.24) is 25.2 Å². The van der Waals surface area contributed by atoms with Crippen LogP contribution in [-0.2, 0) is 13.5 Å². The van der Waals surface area contributed by atoms with Gasteiger partial charge in [0.1, 0.15) is 4.83 Å². The Labute approximate surface area is 132 Å². The first-order valence-corrected chi connectivity index (χ1v) is 7.33. The molecule has 0 aliphatic carbocycles. The first-order valence-electron chi connectivity index (χ1n) is 6.52. The molecule has 1 atom stereocenters. The molecule has 8 heteroatoms. The van der Waals surface area contributed by atoms with E-state index in [1.165, 1.54) is 0 Å². The van der Waals surface area contributed by atoms with E-state index in [4.69, 9.17) is 4.52 Å². The Morgan fingerprint density at radius 3 is 2.90 bits per heavy atom. The highest BCUT2D eigenvalue weighted by atomic mass is 35.5. The lowest BCUT2D eigenvalue weighted by atomic mass is 10.2. The van der Waals surface area contributed by atoms with Crippen molar-refractivity contribution in [3.05, 3.63) is 17.6 Å². The lowest BCUT2D eigenvalue weighted by Crippen LogP contribution is -2.24. The largest absolute Gasteiger partial charge is 0.333 e. The van der Waals surface area contributed by atoms with Crippen LogP contribution in [-0.4, -0.2) is 33.0 Å². The molecule has 0 amide bonds. The summed E-state index contributed by atoms with van der Waals surface area (Å²) in [4.78, 5) is 6.58. The predicted octanol–water partition coefficient (Wildman–Crippen LogP) is 2.57. The number of likely N-dealkylation sites (N-methyl/N-ethyl adjacent to an activating group) is 1. The van der Waals surface area contributed by atoms with Gasteiger partial charge in [0.25, 0.3) is 5.89 Å². The Morgan fingerprint density at radius 1 is 1.48 bits per heavy atom. The van der Waals surface area contributed by atoms with Crippen molar-refractivity contribution in [3.8, 4) is 10.8 Å². The summed E-state index contributed by atoms with van der Waals surface area (Å²) in [7, 11) is 3.87. The Morgan fingerprint density at radius 2 is 2.24 bits per heavy atom. The van der Waals surface area contributed by atoms with E-state index < -0.39 is 0 Å². The fourth-order valence-electron chi connectivity index (χ4n) is 2.12. The van der Waals surface area contributed by atoms with Crippen molar-refractivity contribution in [2.75, 3.05) is 7.05 Å². The van der Waals surface area contributed by atoms with Gasteiger partial charge in [-0.15, -0.1) is 23.7 Å². The maximum absolute atomic E-state index is 5.37. The van der Waals surface area contributed by atoms with Gasteiger partial charge < -0.3 is 9.84 Å². The number of hydrogen-bond acceptors (Lipinski definition) is 6. The van der Waals surface area contributed by atoms with E-state index in [0.29, 0.717) is 11.9 Å². The first kappa shape index (κ1) is 15.9. The van der Waals surface area contributed by atoms with Crippen LogP contribution in [0.15, 0.2) is 10.6 Å². The van der Waals surface area contributed by atoms with E-state index in [-0.39, 0.29) is 12.4 Å². The van der Waals surface area contributed by atoms with Gasteiger partial charge in [-0.2, -0.15) is 10.1 Å². The minimum Gasteiger partial charge on any atom is -0.333 e. The summed E-state index contributed by atoms with van der Waals surface area (Å²) < 4.78 is 7.25. The smallest absolute Gasteiger partial charge is 0.268 e. The van der Waals surface area contributed by atoms with Crippen molar-refractivity contribution < 1.29 is 4.52 Å². The molecule has 6 nitrogen and oxygen atoms in total. The molecule has 21 heavy (non-hydrogen) atoms. The highest BCUT2D eigenvalue weighted by Crippen LogP contribution is 2.33. The van der Waals surface area contributed by atoms with Gasteiger partial charge in [-0.3, -0.25) is 4.68 Å². The van der Waals surface area contributed by atoms with E-state index in [1.54, 1.807) is 11.3 Å². The predicted molar refractivity (Wildman–Crippen MR) is 86.1 cm³/mol. The average Bonchev–Trinajstić information content (AvgIpc) is 3.08. The second-order valence-corrected chi connectivity index (χ2v) is 5.98. The van der Waals surface area contributed by atoms with E-state index in [0.717, 1.165) is 33.0 Å². The number of halogens is 1. The van der Waals surface area contributed by atoms with Gasteiger partial charge in [0, 0.05) is 24.9 Å². The van der Waals surface area contributed by atoms with Gasteiger partial charge >= 0.3 is 0 Å². The topological polar surface area (TPSA) is 68.8 Å². The maximum atomic E-state index is 5.37. The molecule has 3 aromatic heterocycles. The Bertz CT molecular complexity index is 712. The third-order valence-corrected chi connectivity index (χ3v) is 4.55. The standard InChI is InChI=1S/C13H17N5OS.ClH/c1-7(14-3)5-11-15-12(19-17-11)10-6-9-8(2)16-18(4)13(9)20-10;/h6-7,14H,5H2,1-4H3;1H. The van der Waals surface area contributed by atoms with Crippen LogP contribution in [0.5, 0.6) is 0 Å². The lowest BCUT2D eigenvalue weighted by molar-refractivity contribution is 0.419. The number of rotatable bonds is 4. The fourth-order valence-corrected chi connectivity index (χ4v) is 3.17. The zero-order valence-electron chi connectivity index (χ0n) is 12.4. The van der Waals surface area contributed by atoms with Crippen molar-refractivity contribution >= 4 is 34.0 Å². The van der Waals surface area contributed by atoms with Gasteiger partial charge in [-0.25, -0.2) is 0 Å². The van der Waals surface area contributed by atoms with Crippen LogP contribution < -0.4 is 5.32 Å². The molecule has 3 aromatic rings. The van der Waals surface area contributed by atoms with E-state index >= 15 is 0 Å². The number of thiophene rings is 1. The minimum absolute atomic E-state index is 0. The molecule has 0 aromatic carbocycles. The molecular formula is C13H18ClN5OS. The second-order valence-electron chi connectivity index (χ2n) is 4.95. The number of aromatic nitrogens is 4. The molecular weight excluding hydrogens is 310 g/mol. The second kappa shape index (κ2) is 6.13. The van der Waals surface area contributed by atoms with Crippen molar-refractivity contribution in [2.45, 2.75) is 26.3 Å². The summed E-state index contributed by atoms with van der Waals surface area (Å²) in [5.41, 5.74) is 1.02. The molecule has 0 radical (unpaired) electrons. The molecule has 0 saturated heterocycles. The summed E-state index contributed by atoms with van der Waals surface area (Å²) in [5.74, 6) is 1.32. The summed E-state index contributed by atoms with van der Waals surface area (Å²) >= 11 is 1.62. The number of hydrogen-bond donors (Lipinski definition) is 1. The minimum atomic E-state index is 0. The van der Waals surface area contributed by atoms with Crippen LogP contribution in [0, 0.1) is 6.92 Å². The Kier molecular flexibility index (Phi) is 4.65. The van der Waals surface area contributed by atoms with Crippen molar-refractivity contribution in [2.24, 2.45) is 7.05 Å². The van der Waals surface area contributed by atoms with Gasteiger partial charge in [0.15, 0.2) is 5.82 Å². The fraction of sp³-hybridized carbons (Fsp3) is 0.462. The van der Waals surface area contributed by atoms with Gasteiger partial charge in [0.2, 0.25) is 0 Å². The normalized spacial score (nSPS) is 12.6. The van der Waals surface area contributed by atoms with Crippen LogP contribution in [0.25, 0.3) is 21.0 Å². The zero-order valence-corrected chi connectivity index (χ0v) is 14.0. The zero-order chi connectivity index (χ0) is 14.3. The number of aryl methyl sites for hydroxylation is 2. The van der Waals surface area contributed by atoms with E-state index in [9.17, 15) is 0 Å². The van der Waals surface area contributed by atoms with Crippen LogP contribution in [0.3, 0.4) is 0 Å². The molecule has 114 valence electrons. The van der Waals surface area contributed by atoms with Crippen LogP contribution in [0.4, 0.5) is 0 Å². The molecule has 0 aliphatic rings. The summed E-state index contributed by atoms with van der Waals surface area (Å²) in [6.45, 7) is 4.09. The molecule has 0 fully saturated rings. The van der Waals surface area contributed by atoms with Crippen LogP contribution in [0.2, 0.25) is 0 Å². The number of nitrogens with one attached hydrogen (secondary N) is 1. The van der Waals surface area contributed by atoms with E-state index in [1.807, 2.05) is 25.7 Å². The number of fused-ring (bicyclic) bond motifs is 1. The van der Waals surface area contributed by atoms with Gasteiger partial charge in [-0.05, 0) is 27.0 Å². The summed E-state index contributed by atoms with van der Waals surface area (Å²) in [5, 5.41) is 12.7. The maximum Gasteiger partial charge on any atom is 0.268 e. The Hall–Kier alpha value is -1.44. The number of nitrogens with zero attached hydrogens (tertiary/aromatic N) is 4. The summed E-state index contributed by atoms with van der Waals surface area (Å²) in [6.07, 6.45) is 0.755.